The van der Waals surface area contributed by atoms with E-state index in [1.807, 2.05) is 45.6 Å². The maximum absolute atomic E-state index is 14.1. The summed E-state index contributed by atoms with van der Waals surface area (Å²) in [6.07, 6.45) is 1.96. The number of aliphatic hydroxyl groups is 9. The average Bonchev–Trinajstić information content (AvgIpc) is 0.738. The quantitative estimate of drug-likeness (QED) is 0.0141. The number of amides is 3. The molecule has 17 atom stereocenters. The van der Waals surface area contributed by atoms with Crippen molar-refractivity contribution >= 4 is 106 Å². The third kappa shape index (κ3) is 62.2. The van der Waals surface area contributed by atoms with Crippen molar-refractivity contribution in [2.45, 2.75) is 184 Å². The molecule has 6 aliphatic rings. The molecule has 7 rings (SSSR count). The Labute approximate surface area is 905 Å². The smallest absolute Gasteiger partial charge is 0.409 e. The molecule has 43 nitrogen and oxygen atoms in total. The van der Waals surface area contributed by atoms with Crippen LogP contribution in [0.5, 0.6) is 5.75 Å². The number of alkyl carbamates (subject to hydrolysis) is 1. The van der Waals surface area contributed by atoms with Gasteiger partial charge in [0.15, 0.2) is 18.3 Å². The Hall–Kier alpha value is -2.81. The molecule has 4 fully saturated rings. The number of carbonyl (C=O) groups is 5. The van der Waals surface area contributed by atoms with Crippen molar-refractivity contribution < 1.29 is 215 Å². The van der Waals surface area contributed by atoms with E-state index in [9.17, 15) is 59.7 Å². The summed E-state index contributed by atoms with van der Waals surface area (Å²) in [6, 6.07) is 2.60. The number of aliphatic hydroxyl groups excluding tert-OH is 8. The van der Waals surface area contributed by atoms with Crippen LogP contribution in [0, 0.1) is 5.92 Å². The number of methoxy groups -OCH3 is 2. The van der Waals surface area contributed by atoms with Crippen molar-refractivity contribution in [1.29, 1.82) is 0 Å². The summed E-state index contributed by atoms with van der Waals surface area (Å²) in [4.78, 5) is 65.9. The van der Waals surface area contributed by atoms with E-state index in [0.29, 0.717) is 235 Å². The summed E-state index contributed by atoms with van der Waals surface area (Å²) in [5.74, 6) is 0.733. The number of ether oxygens (including phenoxy) is 26. The Morgan fingerprint density at radius 1 is 0.568 bits per heavy atom. The molecule has 0 aliphatic carbocycles. The molecular weight excluding hydrogens is 2230 g/mol. The topological polar surface area (TPSA) is 526 Å². The second-order valence-corrected chi connectivity index (χ2v) is 38.0. The number of nitrogens with one attached hydrogen (secondary N) is 1. The molecule has 1 aromatic carbocycles. The number of benzene rings is 1. The zero-order chi connectivity index (χ0) is 108. The van der Waals surface area contributed by atoms with E-state index in [2.05, 4.69) is 29.5 Å². The molecule has 6 bridgehead atoms. The number of hydrogen-bond donors (Lipinski definition) is 10. The van der Waals surface area contributed by atoms with Gasteiger partial charge in [-0.05, 0) is 82.6 Å². The number of nitrogens with zero attached hydrogens (tertiary/aromatic N) is 2. The maximum atomic E-state index is 14.1. The summed E-state index contributed by atoms with van der Waals surface area (Å²) < 4.78 is 141. The standard InChI is InChI=1S/C36H50ClN3O10S.C20H40O10S.C20H42O8S.2C9H18O6S.C2H6.Au/c1-21-11-10-12-28(47-8)36(45)18-27(48-33(44)38-36)22(2)34(4)20-35(50-34,49-32(43)23(3)39(5)29(41)13-14-51-9)19-30(42)40(6)25-16-24(15-21)17-26(46-7)31(25)37;1-31-19-18-29-15-14-27-11-10-25-7-6-23-3-2-22-4-5-24-8-9-26-12-13-28-16-17-30-20-21;1-3-4-21-5-6-22-7-8-23-9-10-24-11-12-25-13-14-26-15-16-27-17-18-28-19-20-29-2;2*1-16-3-2-14-9-8(13)7(12)6(11)5(4-10)15-9;1-2;/h10-12,16-17,22-23,27-28,45H,13-15,18-20H2,1-9H3,(H,38,44);20H,2-19H2,1H3;3-20H2,1-2H3;2*5-13H,2-4H2,1H3;1-2H3;/b12-10+,21-11-;;;;;;/t22-,23-,27+,28-,34-,35-,36-;;;;;;/m1....../s1. The van der Waals surface area contributed by atoms with Crippen LogP contribution >= 0.6 is 70.4 Å². The number of allylic oxidation sites excluding steroid dienone is 3. The van der Waals surface area contributed by atoms with Crippen LogP contribution in [0.15, 0.2) is 35.9 Å². The first kappa shape index (κ1) is 143. The first-order valence-corrected chi connectivity index (χ1v) is 56.3. The number of thioether (sulfide) groups is 5. The van der Waals surface area contributed by atoms with E-state index >= 15 is 0 Å². The summed E-state index contributed by atoms with van der Waals surface area (Å²) >= 11 is 15.0. The van der Waals surface area contributed by atoms with Crippen molar-refractivity contribution in [3.8, 4) is 5.75 Å². The van der Waals surface area contributed by atoms with Gasteiger partial charge < -0.3 is 179 Å². The Morgan fingerprint density at radius 3 is 1.28 bits per heavy atom. The van der Waals surface area contributed by atoms with Gasteiger partial charge in [-0.25, -0.2) is 9.59 Å². The first-order valence-electron chi connectivity index (χ1n) is 48.9. The molecule has 3 amide bonds. The number of fused-ring (bicyclic) bond motifs is 5. The third-order valence-corrected chi connectivity index (χ3v) is 25.1. The van der Waals surface area contributed by atoms with E-state index in [1.54, 1.807) is 99.2 Å². The summed E-state index contributed by atoms with van der Waals surface area (Å²) in [5, 5.41) is 89.3. The normalized spacial score (nSPS) is 24.6. The molecule has 146 heavy (non-hydrogen) atoms. The molecule has 4 saturated heterocycles. The van der Waals surface area contributed by atoms with Crippen LogP contribution in [0.4, 0.5) is 10.5 Å². The largest absolute Gasteiger partial charge is 0.495 e. The van der Waals surface area contributed by atoms with Crippen LogP contribution in [0.2, 0.25) is 5.02 Å². The summed E-state index contributed by atoms with van der Waals surface area (Å²) in [5.41, 5.74) is -0.786. The van der Waals surface area contributed by atoms with E-state index in [0.717, 1.165) is 60.4 Å². The van der Waals surface area contributed by atoms with Crippen molar-refractivity contribution in [2.75, 3.05) is 338 Å². The van der Waals surface area contributed by atoms with Crippen LogP contribution in [0.1, 0.15) is 86.1 Å². The van der Waals surface area contributed by atoms with Crippen LogP contribution < -0.4 is 15.0 Å². The minimum Gasteiger partial charge on any atom is -0.495 e. The predicted octanol–water partition coefficient (Wildman–Crippen LogP) is 4.52. The zero-order valence-electron chi connectivity index (χ0n) is 88.3. The fourth-order valence-electron chi connectivity index (χ4n) is 13.5. The van der Waals surface area contributed by atoms with E-state index < -0.39 is 134 Å². The molecule has 6 heterocycles. The number of likely N-dealkylation sites (N-methyl/N-ethyl adjacent to an activating group) is 1. The van der Waals surface area contributed by atoms with Crippen LogP contribution in [-0.2, 0) is 166 Å². The molecule has 861 valence electrons. The van der Waals surface area contributed by atoms with Gasteiger partial charge in [0.1, 0.15) is 84.5 Å². The SMILES string of the molecule is CC.CCCOCCOCCOCCOCCOCCOCCOCCOCCSC.COc1cc2cc(c1Cl)N(C)C(=O)C[C@]1(OC(=O)[C@@H](C)N(C)C(=O)CCSC)C[C@@](C)(O1)[C@H](C)[C@@H]1C[C@](O)(NC(=O)O1)[C@H](OC)/C=C/C=C(/C)C2.CSCCOC1OC(CO)C(O)C(O)C1O.CSCCOC1OC(CO)C(O)C(O)C1O.CSCCOCCOCCOCCOCCOCCOCCOCCOCCOC=O.[Au]. The van der Waals surface area contributed by atoms with Gasteiger partial charge in [-0.2, -0.15) is 58.8 Å². The Bertz CT molecular complexity index is 3370. The predicted molar refractivity (Wildman–Crippen MR) is 553 cm³/mol. The molecular formula is C96H174AuClN3O40S5. The van der Waals surface area contributed by atoms with Crippen molar-refractivity contribution in [1.82, 2.24) is 10.2 Å². The minimum absolute atomic E-state index is 0. The number of esters is 1. The first-order chi connectivity index (χ1) is 70.0. The number of hydrogen-bond acceptors (Lipinski definition) is 45. The molecule has 1 aromatic rings. The van der Waals surface area contributed by atoms with Crippen molar-refractivity contribution in [3.63, 3.8) is 0 Å². The van der Waals surface area contributed by atoms with E-state index in [4.69, 9.17) is 140 Å². The van der Waals surface area contributed by atoms with Crippen LogP contribution in [-0.4, -0.2) is 511 Å². The van der Waals surface area contributed by atoms with Gasteiger partial charge in [0.05, 0.1) is 256 Å². The molecule has 10 unspecified atom stereocenters. The molecule has 0 aromatic heterocycles. The molecule has 6 aliphatic heterocycles. The van der Waals surface area contributed by atoms with Gasteiger partial charge in [0, 0.05) is 104 Å². The number of halogens is 1. The molecule has 10 N–H and O–H groups in total. The number of anilines is 1. The van der Waals surface area contributed by atoms with Gasteiger partial charge in [0.25, 0.3) is 6.47 Å². The fourth-order valence-corrected chi connectivity index (χ4v) is 15.3. The Balaban J connectivity index is 0.00000192. The fraction of sp³-hybridized carbons (Fsp3) is 0.844. The van der Waals surface area contributed by atoms with Gasteiger partial charge in [-0.1, -0.05) is 63.1 Å². The van der Waals surface area contributed by atoms with Gasteiger partial charge in [-0.15, -0.1) is 0 Å². The third-order valence-electron chi connectivity index (χ3n) is 21.8. The van der Waals surface area contributed by atoms with Gasteiger partial charge in [0.2, 0.25) is 17.6 Å². The van der Waals surface area contributed by atoms with Crippen molar-refractivity contribution in [2.24, 2.45) is 5.92 Å². The zero-order valence-corrected chi connectivity index (χ0v) is 95.3. The minimum atomic E-state index is -1.83. The average molecular weight is 2400 g/mol. The maximum Gasteiger partial charge on any atom is 0.409 e. The molecule has 0 saturated carbocycles. The monoisotopic (exact) mass is 2400 g/mol. The second kappa shape index (κ2) is 91.3. The van der Waals surface area contributed by atoms with Crippen molar-refractivity contribution in [3.05, 3.63) is 46.5 Å². The van der Waals surface area contributed by atoms with E-state index in [1.165, 1.54) is 42.8 Å². The summed E-state index contributed by atoms with van der Waals surface area (Å²) in [6.45, 7) is 31.8. The van der Waals surface area contributed by atoms with Crippen LogP contribution in [0.3, 0.4) is 0 Å². The number of rotatable bonds is 72. The summed E-state index contributed by atoms with van der Waals surface area (Å²) in [7, 11) is 6.01. The Morgan fingerprint density at radius 2 is 0.932 bits per heavy atom. The molecule has 0 spiro atoms. The Kier molecular flexibility index (Phi) is 89.6. The molecule has 1 radical (unpaired) electrons. The number of carbonyl (C=O) groups excluding carboxylic acids is 5. The molecule has 50 heteroatoms. The van der Waals surface area contributed by atoms with Crippen LogP contribution in [0.25, 0.3) is 0 Å². The van der Waals surface area contributed by atoms with E-state index in [-0.39, 0.29) is 65.6 Å². The second-order valence-electron chi connectivity index (χ2n) is 32.7. The van der Waals surface area contributed by atoms with Gasteiger partial charge in [-0.3, -0.25) is 19.7 Å². The van der Waals surface area contributed by atoms with Gasteiger partial charge >= 0.3 is 12.1 Å².